The van der Waals surface area contributed by atoms with E-state index < -0.39 is 12.0 Å². The molecule has 2 heterocycles. The van der Waals surface area contributed by atoms with E-state index in [0.717, 1.165) is 33.4 Å². The van der Waals surface area contributed by atoms with Crippen LogP contribution in [0.5, 0.6) is 0 Å². The summed E-state index contributed by atoms with van der Waals surface area (Å²) in [4.78, 5) is 22.1. The van der Waals surface area contributed by atoms with Crippen molar-refractivity contribution in [1.29, 1.82) is 0 Å². The lowest BCUT2D eigenvalue weighted by Gasteiger charge is -2.20. The Hall–Kier alpha value is -1.60. The molecular weight excluding hydrogens is 318 g/mol. The number of carbonyl (C=O) groups is 1. The first-order valence-corrected chi connectivity index (χ1v) is 9.02. The van der Waals surface area contributed by atoms with Gasteiger partial charge in [-0.3, -0.25) is 4.99 Å². The Bertz CT molecular complexity index is 737. The van der Waals surface area contributed by atoms with Crippen LogP contribution in [0, 0.1) is 0 Å². The molecule has 0 fully saturated rings. The number of nitrogens with zero attached hydrogens (tertiary/aromatic N) is 3. The number of rotatable bonds is 5. The molecule has 2 aromatic rings. The molecule has 1 aliphatic rings. The highest BCUT2D eigenvalue weighted by atomic mass is 32.2. The fourth-order valence-corrected chi connectivity index (χ4v) is 4.50. The fraction of sp³-hybridized carbons (Fsp3) is 0.400. The van der Waals surface area contributed by atoms with Crippen LogP contribution in [0.1, 0.15) is 18.9 Å². The Morgan fingerprint density at radius 2 is 2.18 bits per heavy atom. The number of carboxylic acids is 1. The summed E-state index contributed by atoms with van der Waals surface area (Å²) in [5.74, 6) is -0.377. The number of thiazole rings is 1. The van der Waals surface area contributed by atoms with Crippen LogP contribution >= 0.6 is 23.1 Å². The van der Waals surface area contributed by atoms with E-state index in [2.05, 4.69) is 40.9 Å². The summed E-state index contributed by atoms with van der Waals surface area (Å²) >= 11 is 3.05. The lowest BCUT2D eigenvalue weighted by atomic mass is 10.2. The second-order valence-electron chi connectivity index (χ2n) is 4.94. The van der Waals surface area contributed by atoms with Crippen molar-refractivity contribution in [2.75, 3.05) is 23.7 Å². The van der Waals surface area contributed by atoms with Gasteiger partial charge in [-0.15, -0.1) is 23.1 Å². The molecule has 116 valence electrons. The molecule has 1 atom stereocenters. The Morgan fingerprint density at radius 3 is 2.82 bits per heavy atom. The summed E-state index contributed by atoms with van der Waals surface area (Å²) in [5, 5.41) is 10.6. The molecule has 1 aromatic carbocycles. The Labute approximate surface area is 137 Å². The van der Waals surface area contributed by atoms with Crippen LogP contribution in [0.15, 0.2) is 23.2 Å². The number of carboxylic acid groups (broad SMARTS) is 1. The van der Waals surface area contributed by atoms with Crippen molar-refractivity contribution in [2.24, 2.45) is 4.99 Å². The minimum Gasteiger partial charge on any atom is -0.480 e. The molecule has 1 aliphatic heterocycles. The lowest BCUT2D eigenvalue weighted by molar-refractivity contribution is -0.137. The number of anilines is 1. The number of thioether (sulfide) groups is 1. The van der Waals surface area contributed by atoms with Crippen molar-refractivity contribution in [2.45, 2.75) is 19.9 Å². The van der Waals surface area contributed by atoms with Gasteiger partial charge in [-0.2, -0.15) is 0 Å². The molecule has 1 N–H and O–H groups in total. The van der Waals surface area contributed by atoms with Crippen LogP contribution in [0.4, 0.5) is 5.69 Å². The molecule has 0 bridgehead atoms. The molecule has 0 unspecified atom stereocenters. The molecule has 0 radical (unpaired) electrons. The van der Waals surface area contributed by atoms with Crippen molar-refractivity contribution in [3.8, 4) is 0 Å². The highest BCUT2D eigenvalue weighted by Gasteiger charge is 2.26. The van der Waals surface area contributed by atoms with Crippen molar-refractivity contribution >= 4 is 50.0 Å². The maximum Gasteiger partial charge on any atom is 0.329 e. The van der Waals surface area contributed by atoms with E-state index in [0.29, 0.717) is 5.75 Å². The number of fused-ring (bicyclic) bond motifs is 1. The number of aliphatic carboxylic acids is 1. The van der Waals surface area contributed by atoms with Gasteiger partial charge in [0.15, 0.2) is 6.04 Å². The van der Waals surface area contributed by atoms with Crippen molar-refractivity contribution in [3.63, 3.8) is 0 Å². The highest BCUT2D eigenvalue weighted by molar-refractivity contribution is 8.15. The number of hydrogen-bond acceptors (Lipinski definition) is 6. The van der Waals surface area contributed by atoms with Crippen molar-refractivity contribution < 1.29 is 9.90 Å². The van der Waals surface area contributed by atoms with Crippen molar-refractivity contribution in [1.82, 2.24) is 4.98 Å². The van der Waals surface area contributed by atoms with Gasteiger partial charge >= 0.3 is 5.97 Å². The van der Waals surface area contributed by atoms with Crippen molar-refractivity contribution in [3.05, 3.63) is 23.2 Å². The zero-order chi connectivity index (χ0) is 15.7. The molecule has 1 aromatic heterocycles. The largest absolute Gasteiger partial charge is 0.480 e. The third-order valence-electron chi connectivity index (χ3n) is 3.62. The zero-order valence-electron chi connectivity index (χ0n) is 12.4. The fourth-order valence-electron chi connectivity index (χ4n) is 2.41. The Balaban J connectivity index is 1.94. The third-order valence-corrected chi connectivity index (χ3v) is 5.83. The standard InChI is InChI=1S/C15H17N3O2S2/c1-3-18(4-2)9-5-6-10-12(7-9)22-14(16-10)13-17-11(8-21-13)15(19)20/h5-7,11H,3-4,8H2,1-2H3,(H,19,20)/t11-/m1/s1. The van der Waals surface area contributed by atoms with Gasteiger partial charge in [-0.25, -0.2) is 9.78 Å². The minimum absolute atomic E-state index is 0.491. The first-order chi connectivity index (χ1) is 10.6. The van der Waals surface area contributed by atoms with Crippen LogP contribution in [0.2, 0.25) is 0 Å². The quantitative estimate of drug-likeness (QED) is 0.909. The third kappa shape index (κ3) is 2.83. The molecule has 0 spiro atoms. The summed E-state index contributed by atoms with van der Waals surface area (Å²) in [6.45, 7) is 6.22. The van der Waals surface area contributed by atoms with E-state index in [4.69, 9.17) is 5.11 Å². The molecule has 0 saturated heterocycles. The molecule has 0 aliphatic carbocycles. The average Bonchev–Trinajstić information content (AvgIpc) is 3.14. The van der Waals surface area contributed by atoms with Crippen LogP contribution in [-0.4, -0.2) is 46.0 Å². The lowest BCUT2D eigenvalue weighted by Crippen LogP contribution is -2.21. The summed E-state index contributed by atoms with van der Waals surface area (Å²) < 4.78 is 1.11. The van der Waals surface area contributed by atoms with E-state index >= 15 is 0 Å². The molecule has 0 amide bonds. The highest BCUT2D eigenvalue weighted by Crippen LogP contribution is 2.31. The number of benzene rings is 1. The number of aliphatic imine (C=N–C) groups is 1. The maximum atomic E-state index is 11.0. The maximum absolute atomic E-state index is 11.0. The zero-order valence-corrected chi connectivity index (χ0v) is 14.1. The second kappa shape index (κ2) is 6.26. The van der Waals surface area contributed by atoms with Crippen LogP contribution in [0.25, 0.3) is 10.2 Å². The van der Waals surface area contributed by atoms with Gasteiger partial charge in [-0.05, 0) is 32.0 Å². The second-order valence-corrected chi connectivity index (χ2v) is 6.98. The summed E-state index contributed by atoms with van der Waals surface area (Å²) in [7, 11) is 0. The predicted molar refractivity (Wildman–Crippen MR) is 93.6 cm³/mol. The smallest absolute Gasteiger partial charge is 0.329 e. The van der Waals surface area contributed by atoms with E-state index in [9.17, 15) is 4.79 Å². The number of aromatic nitrogens is 1. The van der Waals surface area contributed by atoms with Crippen LogP contribution in [0.3, 0.4) is 0 Å². The Morgan fingerprint density at radius 1 is 1.41 bits per heavy atom. The molecule has 22 heavy (non-hydrogen) atoms. The van der Waals surface area contributed by atoms with Gasteiger partial charge in [0.25, 0.3) is 0 Å². The van der Waals surface area contributed by atoms with E-state index in [1.165, 1.54) is 17.4 Å². The molecule has 0 saturated carbocycles. The SMILES string of the molecule is CCN(CC)c1ccc2nc(C3=N[C@@H](C(=O)O)CS3)sc2c1. The molecular formula is C15H17N3O2S2. The van der Waals surface area contributed by atoms with Crippen LogP contribution in [-0.2, 0) is 4.79 Å². The normalized spacial score (nSPS) is 17.7. The van der Waals surface area contributed by atoms with Gasteiger partial charge < -0.3 is 10.0 Å². The topological polar surface area (TPSA) is 65.8 Å². The molecule has 7 heteroatoms. The van der Waals surface area contributed by atoms with E-state index in [1.54, 1.807) is 11.3 Å². The molecule has 5 nitrogen and oxygen atoms in total. The summed E-state index contributed by atoms with van der Waals surface area (Å²) in [6.07, 6.45) is 0. The average molecular weight is 335 g/mol. The number of hydrogen-bond donors (Lipinski definition) is 1. The Kier molecular flexibility index (Phi) is 4.35. The first kappa shape index (κ1) is 15.3. The van der Waals surface area contributed by atoms with Gasteiger partial charge in [0.05, 0.1) is 10.2 Å². The van der Waals surface area contributed by atoms with E-state index in [-0.39, 0.29) is 0 Å². The summed E-state index contributed by atoms with van der Waals surface area (Å²) in [5.41, 5.74) is 2.13. The molecule has 3 rings (SSSR count). The van der Waals surface area contributed by atoms with Gasteiger partial charge in [0.2, 0.25) is 0 Å². The first-order valence-electron chi connectivity index (χ1n) is 7.21. The van der Waals surface area contributed by atoms with Gasteiger partial charge in [0, 0.05) is 24.5 Å². The van der Waals surface area contributed by atoms with E-state index in [1.807, 2.05) is 6.07 Å². The summed E-state index contributed by atoms with van der Waals surface area (Å²) in [6, 6.07) is 5.62. The monoisotopic (exact) mass is 335 g/mol. The predicted octanol–water partition coefficient (Wildman–Crippen LogP) is 3.09. The minimum atomic E-state index is -0.868. The van der Waals surface area contributed by atoms with Gasteiger partial charge in [0.1, 0.15) is 10.1 Å². The van der Waals surface area contributed by atoms with Crippen LogP contribution < -0.4 is 4.90 Å². The van der Waals surface area contributed by atoms with Gasteiger partial charge in [-0.1, -0.05) is 0 Å².